The van der Waals surface area contributed by atoms with Crippen molar-refractivity contribution in [3.63, 3.8) is 0 Å². The fourth-order valence-electron chi connectivity index (χ4n) is 4.50. The highest BCUT2D eigenvalue weighted by molar-refractivity contribution is 5.87. The molecule has 4 rings (SSSR count). The molecule has 2 aliphatic rings. The number of carbonyl (C=O) groups excluding carboxylic acids is 1. The molecule has 8 heteroatoms. The largest absolute Gasteiger partial charge is 0.391 e. The molecule has 2 aliphatic heterocycles. The second-order valence-corrected chi connectivity index (χ2v) is 8.06. The molecule has 1 aromatic heterocycles. The van der Waals surface area contributed by atoms with Crippen LogP contribution in [0.2, 0.25) is 0 Å². The van der Waals surface area contributed by atoms with Gasteiger partial charge in [-0.3, -0.25) is 9.59 Å². The number of aromatic nitrogens is 1. The van der Waals surface area contributed by atoms with E-state index in [0.29, 0.717) is 31.9 Å². The number of hydrogen-bond donors (Lipinski definition) is 3. The average molecular weight is 428 g/mol. The molecular formula is C23H28N2O6. The van der Waals surface area contributed by atoms with E-state index in [9.17, 15) is 19.8 Å². The predicted molar refractivity (Wildman–Crippen MR) is 112 cm³/mol. The van der Waals surface area contributed by atoms with Gasteiger partial charge < -0.3 is 29.6 Å². The van der Waals surface area contributed by atoms with Crippen LogP contribution in [0.25, 0.3) is 0 Å². The molecule has 2 atom stereocenters. The maximum atomic E-state index is 13.3. The fraction of sp³-hybridized carbons (Fsp3) is 0.478. The topological polar surface area (TPSA) is 110 Å². The second-order valence-electron chi connectivity index (χ2n) is 8.06. The highest BCUT2D eigenvalue weighted by Gasteiger charge is 2.48. The Labute approximate surface area is 180 Å². The zero-order valence-electron chi connectivity index (χ0n) is 17.8. The van der Waals surface area contributed by atoms with Crippen LogP contribution in [0.1, 0.15) is 55.1 Å². The minimum absolute atomic E-state index is 0.00524. The molecule has 166 valence electrons. The molecule has 1 fully saturated rings. The van der Waals surface area contributed by atoms with Crippen molar-refractivity contribution < 1.29 is 24.5 Å². The van der Waals surface area contributed by atoms with Crippen molar-refractivity contribution in [3.8, 4) is 0 Å². The van der Waals surface area contributed by atoms with Crippen molar-refractivity contribution in [2.75, 3.05) is 13.2 Å². The molecule has 0 radical (unpaired) electrons. The molecule has 2 aromatic rings. The Hall–Kier alpha value is -2.52. The van der Waals surface area contributed by atoms with Crippen molar-refractivity contribution in [2.24, 2.45) is 0 Å². The average Bonchev–Trinajstić information content (AvgIpc) is 3.41. The quantitative estimate of drug-likeness (QED) is 0.642. The maximum Gasteiger partial charge on any atom is 0.257 e. The van der Waals surface area contributed by atoms with Crippen LogP contribution >= 0.6 is 0 Å². The molecule has 1 unspecified atom stereocenters. The highest BCUT2D eigenvalue weighted by atomic mass is 16.7. The van der Waals surface area contributed by atoms with Crippen molar-refractivity contribution in [1.82, 2.24) is 9.88 Å². The van der Waals surface area contributed by atoms with Crippen LogP contribution in [-0.2, 0) is 38.8 Å². The normalized spacial score (nSPS) is 19.7. The first-order valence-corrected chi connectivity index (χ1v) is 10.6. The van der Waals surface area contributed by atoms with Crippen molar-refractivity contribution in [1.29, 1.82) is 0 Å². The third-order valence-electron chi connectivity index (χ3n) is 6.35. The Kier molecular flexibility index (Phi) is 5.74. The zero-order chi connectivity index (χ0) is 22.2. The Morgan fingerprint density at radius 3 is 2.58 bits per heavy atom. The number of nitrogens with zero attached hydrogens (tertiary/aromatic N) is 1. The minimum atomic E-state index is -2.00. The van der Waals surface area contributed by atoms with Crippen LogP contribution in [0.4, 0.5) is 0 Å². The molecule has 1 amide bonds. The van der Waals surface area contributed by atoms with Crippen LogP contribution in [0.15, 0.2) is 41.2 Å². The Bertz CT molecular complexity index is 1030. The molecule has 3 heterocycles. The third-order valence-corrected chi connectivity index (χ3v) is 6.35. The second kappa shape index (κ2) is 8.20. The number of rotatable bonds is 6. The molecule has 0 saturated carbocycles. The number of hydrogen-bond acceptors (Lipinski definition) is 6. The van der Waals surface area contributed by atoms with Gasteiger partial charge in [-0.15, -0.1) is 0 Å². The molecular weight excluding hydrogens is 400 g/mol. The lowest BCUT2D eigenvalue weighted by molar-refractivity contribution is -0.163. The van der Waals surface area contributed by atoms with E-state index in [4.69, 9.17) is 9.47 Å². The van der Waals surface area contributed by atoms with Crippen LogP contribution in [0.3, 0.4) is 0 Å². The number of pyridine rings is 1. The lowest BCUT2D eigenvalue weighted by atomic mass is 9.86. The van der Waals surface area contributed by atoms with Gasteiger partial charge in [-0.05, 0) is 25.0 Å². The Morgan fingerprint density at radius 2 is 1.97 bits per heavy atom. The molecule has 1 aromatic carbocycles. The SMILES string of the molecule is CC[C@](O)(C(=O)NC(C)c1ccccc1)c1cc2n(c(=O)c1CO)CCC21OCCO1. The fourth-order valence-corrected chi connectivity index (χ4v) is 4.50. The number of fused-ring (bicyclic) bond motifs is 2. The van der Waals surface area contributed by atoms with E-state index in [2.05, 4.69) is 5.32 Å². The van der Waals surface area contributed by atoms with Crippen molar-refractivity contribution in [3.05, 3.63) is 69.1 Å². The Morgan fingerprint density at radius 1 is 1.29 bits per heavy atom. The summed E-state index contributed by atoms with van der Waals surface area (Å²) in [6.45, 7) is 4.08. The van der Waals surface area contributed by atoms with Crippen molar-refractivity contribution >= 4 is 5.91 Å². The van der Waals surface area contributed by atoms with E-state index in [1.165, 1.54) is 4.57 Å². The molecule has 1 spiro atoms. The smallest absolute Gasteiger partial charge is 0.257 e. The van der Waals surface area contributed by atoms with Gasteiger partial charge in [0.05, 0.1) is 31.6 Å². The first-order valence-electron chi connectivity index (χ1n) is 10.6. The van der Waals surface area contributed by atoms with E-state index < -0.39 is 29.5 Å². The van der Waals surface area contributed by atoms with Crippen LogP contribution in [0.5, 0.6) is 0 Å². The summed E-state index contributed by atoms with van der Waals surface area (Å²) in [5, 5.41) is 24.3. The predicted octanol–water partition coefficient (Wildman–Crippen LogP) is 1.42. The summed E-state index contributed by atoms with van der Waals surface area (Å²) < 4.78 is 13.1. The number of ether oxygens (including phenoxy) is 2. The zero-order valence-corrected chi connectivity index (χ0v) is 17.8. The monoisotopic (exact) mass is 428 g/mol. The highest BCUT2D eigenvalue weighted by Crippen LogP contribution is 2.41. The summed E-state index contributed by atoms with van der Waals surface area (Å²) in [5.74, 6) is -1.68. The summed E-state index contributed by atoms with van der Waals surface area (Å²) >= 11 is 0. The summed E-state index contributed by atoms with van der Waals surface area (Å²) in [6, 6.07) is 10.6. The molecule has 8 nitrogen and oxygen atoms in total. The van der Waals surface area contributed by atoms with Gasteiger partial charge in [0.1, 0.15) is 0 Å². The van der Waals surface area contributed by atoms with Gasteiger partial charge in [-0.25, -0.2) is 0 Å². The first-order chi connectivity index (χ1) is 14.9. The first kappa shape index (κ1) is 21.7. The lowest BCUT2D eigenvalue weighted by Gasteiger charge is -2.31. The van der Waals surface area contributed by atoms with Gasteiger partial charge in [0.2, 0.25) is 5.79 Å². The van der Waals surface area contributed by atoms with E-state index in [-0.39, 0.29) is 23.6 Å². The van der Waals surface area contributed by atoms with E-state index in [0.717, 1.165) is 5.56 Å². The van der Waals surface area contributed by atoms with Gasteiger partial charge in [0.25, 0.3) is 11.5 Å². The van der Waals surface area contributed by atoms with E-state index in [1.807, 2.05) is 37.3 Å². The van der Waals surface area contributed by atoms with Crippen LogP contribution < -0.4 is 10.9 Å². The lowest BCUT2D eigenvalue weighted by Crippen LogP contribution is -2.47. The van der Waals surface area contributed by atoms with E-state index in [1.54, 1.807) is 13.0 Å². The van der Waals surface area contributed by atoms with Gasteiger partial charge in [0.15, 0.2) is 5.60 Å². The van der Waals surface area contributed by atoms with Gasteiger partial charge >= 0.3 is 0 Å². The number of aliphatic hydroxyl groups excluding tert-OH is 1. The Balaban J connectivity index is 1.76. The maximum absolute atomic E-state index is 13.3. The minimum Gasteiger partial charge on any atom is -0.391 e. The standard InChI is InChI=1S/C23H28N2O6/c1-3-22(29,21(28)24-15(2)16-7-5-4-6-8-16)18-13-19-23(30-11-12-31-23)9-10-25(19)20(27)17(18)14-26/h4-8,13,15,26,29H,3,9-12,14H2,1-2H3,(H,24,28)/t15?,22-/m1/s1. The number of carbonyl (C=O) groups is 1. The van der Waals surface area contributed by atoms with Gasteiger partial charge in [-0.1, -0.05) is 37.3 Å². The molecule has 0 bridgehead atoms. The summed E-state index contributed by atoms with van der Waals surface area (Å²) in [6.07, 6.45) is 0.475. The van der Waals surface area contributed by atoms with Gasteiger partial charge in [-0.2, -0.15) is 0 Å². The van der Waals surface area contributed by atoms with Crippen LogP contribution in [-0.4, -0.2) is 33.9 Å². The number of aliphatic hydroxyl groups is 2. The van der Waals surface area contributed by atoms with Crippen molar-refractivity contribution in [2.45, 2.75) is 57.3 Å². The number of benzene rings is 1. The molecule has 3 N–H and O–H groups in total. The molecule has 1 saturated heterocycles. The molecule has 0 aliphatic carbocycles. The number of nitrogens with one attached hydrogen (secondary N) is 1. The summed E-state index contributed by atoms with van der Waals surface area (Å²) in [5.41, 5.74) is -0.993. The van der Waals surface area contributed by atoms with Gasteiger partial charge in [0, 0.05) is 24.1 Å². The number of amides is 1. The third kappa shape index (κ3) is 3.49. The summed E-state index contributed by atoms with van der Waals surface area (Å²) in [4.78, 5) is 26.4. The van der Waals surface area contributed by atoms with E-state index >= 15 is 0 Å². The molecule has 31 heavy (non-hydrogen) atoms. The van der Waals surface area contributed by atoms with Crippen LogP contribution in [0, 0.1) is 0 Å². The summed E-state index contributed by atoms with van der Waals surface area (Å²) in [7, 11) is 0.